The van der Waals surface area contributed by atoms with Gasteiger partial charge in [0.1, 0.15) is 10.0 Å². The fraction of sp³-hybridized carbons (Fsp3) is 0.385. The largest absolute Gasteiger partial charge is 0.480 e. The fourth-order valence-corrected chi connectivity index (χ4v) is 5.01. The number of rotatable bonds is 5. The van der Waals surface area contributed by atoms with E-state index in [1.807, 2.05) is 23.5 Å². The number of ether oxygens (including phenoxy) is 1. The van der Waals surface area contributed by atoms with Crippen molar-refractivity contribution in [3.63, 3.8) is 0 Å². The standard InChI is InChI=1S/C13H16B3BrClN5O2S/c1-25-7-5(17)4-20-11(22-7)23-8-6(18)21-10(26-8)12(13(14,15)16)2-3-19-9(12)24/h4H,2-3,14-16H2,1H3,(H,19,24)(H,20,22,23)/t12-/m0/s1. The van der Waals surface area contributed by atoms with Gasteiger partial charge in [0, 0.05) is 6.54 Å². The summed E-state index contributed by atoms with van der Waals surface area (Å²) in [5.74, 6) is 0.732. The molecule has 1 amide bonds. The Morgan fingerprint density at radius 3 is 2.77 bits per heavy atom. The zero-order valence-corrected chi connectivity index (χ0v) is 18.0. The quantitative estimate of drug-likeness (QED) is 0.611. The number of amides is 1. The summed E-state index contributed by atoms with van der Waals surface area (Å²) < 4.78 is 5.83. The van der Waals surface area contributed by atoms with Gasteiger partial charge in [0.05, 0.1) is 46.7 Å². The van der Waals surface area contributed by atoms with Gasteiger partial charge in [-0.05, 0) is 22.4 Å². The monoisotopic (exact) mass is 453 g/mol. The number of methoxy groups -OCH3 is 1. The molecule has 134 valence electrons. The molecule has 1 aliphatic rings. The number of hydrogen-bond donors (Lipinski definition) is 2. The smallest absolute Gasteiger partial charge is 0.232 e. The van der Waals surface area contributed by atoms with Crippen LogP contribution in [0.3, 0.4) is 0 Å². The molecule has 3 rings (SSSR count). The maximum absolute atomic E-state index is 12.7. The molecule has 0 aliphatic carbocycles. The Bertz CT molecular complexity index is 865. The van der Waals surface area contributed by atoms with Gasteiger partial charge in [-0.2, -0.15) is 4.98 Å². The van der Waals surface area contributed by atoms with Crippen LogP contribution in [-0.2, 0) is 10.2 Å². The highest BCUT2D eigenvalue weighted by Gasteiger charge is 2.54. The number of nitrogens with zero attached hydrogens (tertiary/aromatic N) is 3. The number of nitrogens with one attached hydrogen (secondary N) is 2. The fourth-order valence-electron chi connectivity index (χ4n) is 3.09. The third-order valence-electron chi connectivity index (χ3n) is 4.54. The lowest BCUT2D eigenvalue weighted by Crippen LogP contribution is -2.47. The van der Waals surface area contributed by atoms with E-state index in [2.05, 4.69) is 41.5 Å². The van der Waals surface area contributed by atoms with Crippen LogP contribution in [0.1, 0.15) is 11.4 Å². The van der Waals surface area contributed by atoms with Crippen LogP contribution in [0.2, 0.25) is 10.3 Å². The van der Waals surface area contributed by atoms with Crippen molar-refractivity contribution in [2.45, 2.75) is 16.9 Å². The predicted octanol–water partition coefficient (Wildman–Crippen LogP) is -0.168. The molecule has 7 nitrogen and oxygen atoms in total. The number of anilines is 2. The minimum Gasteiger partial charge on any atom is -0.480 e. The summed E-state index contributed by atoms with van der Waals surface area (Å²) in [5, 5.41) is 7.28. The molecule has 0 bridgehead atoms. The van der Waals surface area contributed by atoms with Crippen LogP contribution in [0, 0.1) is 0 Å². The Morgan fingerprint density at radius 1 is 1.46 bits per heavy atom. The van der Waals surface area contributed by atoms with Crippen molar-refractivity contribution in [3.8, 4) is 5.88 Å². The van der Waals surface area contributed by atoms with Gasteiger partial charge in [0.25, 0.3) is 0 Å². The van der Waals surface area contributed by atoms with E-state index in [0.29, 0.717) is 44.4 Å². The second-order valence-corrected chi connectivity index (χ2v) is 9.19. The van der Waals surface area contributed by atoms with Gasteiger partial charge in [0.15, 0.2) is 5.15 Å². The predicted molar refractivity (Wildman–Crippen MR) is 114 cm³/mol. The first-order valence-electron chi connectivity index (χ1n) is 7.97. The first kappa shape index (κ1) is 19.5. The van der Waals surface area contributed by atoms with Crippen molar-refractivity contribution in [2.24, 2.45) is 0 Å². The van der Waals surface area contributed by atoms with Gasteiger partial charge in [-0.3, -0.25) is 4.79 Å². The number of halogens is 2. The Morgan fingerprint density at radius 2 is 2.19 bits per heavy atom. The van der Waals surface area contributed by atoms with E-state index in [-0.39, 0.29) is 11.0 Å². The molecule has 2 N–H and O–H groups in total. The van der Waals surface area contributed by atoms with Crippen LogP contribution in [0.25, 0.3) is 0 Å². The molecule has 0 spiro atoms. The van der Waals surface area contributed by atoms with Crippen molar-refractivity contribution < 1.29 is 9.53 Å². The summed E-state index contributed by atoms with van der Waals surface area (Å²) in [7, 11) is 7.66. The second kappa shape index (κ2) is 7.05. The molecule has 0 saturated carbocycles. The maximum atomic E-state index is 12.7. The van der Waals surface area contributed by atoms with E-state index in [4.69, 9.17) is 16.3 Å². The van der Waals surface area contributed by atoms with Crippen molar-refractivity contribution in [3.05, 3.63) is 20.8 Å². The van der Waals surface area contributed by atoms with Crippen LogP contribution in [-0.4, -0.2) is 58.1 Å². The molecule has 2 aromatic heterocycles. The summed E-state index contributed by atoms with van der Waals surface area (Å²) in [6.45, 7) is 0.628. The van der Waals surface area contributed by atoms with Gasteiger partial charge in [-0.25, -0.2) is 9.97 Å². The van der Waals surface area contributed by atoms with Crippen molar-refractivity contribution in [1.82, 2.24) is 20.3 Å². The minimum atomic E-state index is -0.709. The van der Waals surface area contributed by atoms with Crippen LogP contribution >= 0.6 is 38.9 Å². The molecule has 13 heteroatoms. The van der Waals surface area contributed by atoms with Crippen molar-refractivity contribution in [1.29, 1.82) is 0 Å². The van der Waals surface area contributed by atoms with Crippen LogP contribution in [0.15, 0.2) is 10.7 Å². The summed E-state index contributed by atoms with van der Waals surface area (Å²) in [6.07, 6.45) is 2.27. The molecule has 0 aromatic carbocycles. The Hall–Kier alpha value is -1.26. The van der Waals surface area contributed by atoms with Crippen LogP contribution in [0.4, 0.5) is 10.9 Å². The molecule has 3 heterocycles. The number of hydrogen-bond acceptors (Lipinski definition) is 7. The third-order valence-corrected chi connectivity index (χ3v) is 6.60. The molecule has 1 aliphatic heterocycles. The highest BCUT2D eigenvalue weighted by molar-refractivity contribution is 9.10. The van der Waals surface area contributed by atoms with E-state index in [1.54, 1.807) is 6.20 Å². The highest BCUT2D eigenvalue weighted by atomic mass is 79.9. The minimum absolute atomic E-state index is 0.0106. The molecule has 0 radical (unpaired) electrons. The lowest BCUT2D eigenvalue weighted by Gasteiger charge is -2.37. The number of aromatic nitrogens is 3. The average Bonchev–Trinajstić information content (AvgIpc) is 3.12. The molecule has 1 atom stereocenters. The molecule has 2 aromatic rings. The van der Waals surface area contributed by atoms with Crippen molar-refractivity contribution in [2.75, 3.05) is 19.0 Å². The summed E-state index contributed by atoms with van der Waals surface area (Å²) >= 11 is 11.0. The Balaban J connectivity index is 1.98. The Kier molecular flexibility index (Phi) is 5.29. The van der Waals surface area contributed by atoms with Gasteiger partial charge < -0.3 is 15.4 Å². The molecular formula is C13H16B3BrClN5O2S. The second-order valence-electron chi connectivity index (χ2n) is 6.98. The topological polar surface area (TPSA) is 89.0 Å². The molecule has 0 unspecified atom stereocenters. The van der Waals surface area contributed by atoms with E-state index in [0.717, 1.165) is 0 Å². The maximum Gasteiger partial charge on any atom is 0.232 e. The van der Waals surface area contributed by atoms with E-state index in [1.165, 1.54) is 18.4 Å². The summed E-state index contributed by atoms with van der Waals surface area (Å²) in [6, 6.07) is 0. The van der Waals surface area contributed by atoms with Gasteiger partial charge >= 0.3 is 0 Å². The van der Waals surface area contributed by atoms with E-state index >= 15 is 0 Å². The molecule has 1 saturated heterocycles. The molecular weight excluding hydrogens is 438 g/mol. The van der Waals surface area contributed by atoms with Crippen molar-refractivity contribution >= 4 is 79.3 Å². The zero-order chi connectivity index (χ0) is 19.1. The normalized spacial score (nSPS) is 20.0. The van der Waals surface area contributed by atoms with E-state index < -0.39 is 5.41 Å². The Labute approximate surface area is 171 Å². The lowest BCUT2D eigenvalue weighted by atomic mass is 9.32. The van der Waals surface area contributed by atoms with Gasteiger partial charge in [-0.15, -0.1) is 0 Å². The van der Waals surface area contributed by atoms with Crippen LogP contribution in [0.5, 0.6) is 5.88 Å². The first-order chi connectivity index (χ1) is 12.2. The first-order valence-corrected chi connectivity index (χ1v) is 9.96. The SMILES string of the molecule is BC(B)(B)[C@@]1(c2nc(Cl)c(Nc3ncc(Br)c(OC)n3)s2)CCNC1=O. The number of thiazole rings is 1. The van der Waals surface area contributed by atoms with Gasteiger partial charge in [-0.1, -0.05) is 28.1 Å². The third kappa shape index (κ3) is 3.23. The van der Waals surface area contributed by atoms with Gasteiger partial charge in [0.2, 0.25) is 17.7 Å². The number of carbonyl (C=O) groups is 1. The lowest BCUT2D eigenvalue weighted by molar-refractivity contribution is -0.123. The van der Waals surface area contributed by atoms with Crippen LogP contribution < -0.4 is 15.4 Å². The molecule has 26 heavy (non-hydrogen) atoms. The highest BCUT2D eigenvalue weighted by Crippen LogP contribution is 2.49. The molecule has 1 fully saturated rings. The zero-order valence-electron chi connectivity index (χ0n) is 14.8. The average molecular weight is 454 g/mol. The summed E-state index contributed by atoms with van der Waals surface area (Å²) in [4.78, 5) is 25.7. The van der Waals surface area contributed by atoms with E-state index in [9.17, 15) is 4.79 Å². The number of carbonyl (C=O) groups excluding carboxylic acids is 1. The summed E-state index contributed by atoms with van der Waals surface area (Å²) in [5.41, 5.74) is -0.709.